The molecule has 1 aliphatic carbocycles. The standard InChI is InChI=1S/C27H28Cl2N2O5/c1-3-15-6-5-7-16(4-2)24(15)30-23(32)14-36-27(35)17-8-10-18(11-9-17)31-25(33)19-12-21(28)22(29)13-20(19)26(31)34/h5-11,19-22H,3-4,12-14H2,1-2H3,(H,30,32)/t19-,20-,21+,22+/m1/s1. The van der Waals surface area contributed by atoms with Crippen LogP contribution in [0.3, 0.4) is 0 Å². The number of alkyl halides is 2. The number of carbonyl (C=O) groups excluding carboxylic acids is 4. The molecule has 1 saturated heterocycles. The van der Waals surface area contributed by atoms with Gasteiger partial charge in [0, 0.05) is 5.69 Å². The molecule has 1 aliphatic heterocycles. The Kier molecular flexibility index (Phi) is 8.00. The second-order valence-electron chi connectivity index (χ2n) is 9.06. The summed E-state index contributed by atoms with van der Waals surface area (Å²) in [6.07, 6.45) is 2.24. The van der Waals surface area contributed by atoms with Crippen LogP contribution in [0.5, 0.6) is 0 Å². The molecule has 9 heteroatoms. The van der Waals surface area contributed by atoms with Gasteiger partial charge < -0.3 is 10.1 Å². The normalized spacial score (nSPS) is 23.4. The smallest absolute Gasteiger partial charge is 0.338 e. The number of halogens is 2. The first-order chi connectivity index (χ1) is 17.2. The van der Waals surface area contributed by atoms with Crippen LogP contribution in [0.4, 0.5) is 11.4 Å². The molecule has 4 atom stereocenters. The van der Waals surface area contributed by atoms with Crippen LogP contribution in [0.2, 0.25) is 0 Å². The van der Waals surface area contributed by atoms with Gasteiger partial charge in [-0.05, 0) is 61.1 Å². The number of rotatable bonds is 7. The van der Waals surface area contributed by atoms with E-state index in [-0.39, 0.29) is 28.1 Å². The van der Waals surface area contributed by atoms with Gasteiger partial charge in [0.25, 0.3) is 5.91 Å². The summed E-state index contributed by atoms with van der Waals surface area (Å²) >= 11 is 12.5. The van der Waals surface area contributed by atoms with E-state index in [2.05, 4.69) is 5.32 Å². The summed E-state index contributed by atoms with van der Waals surface area (Å²) in [6.45, 7) is 3.58. The van der Waals surface area contributed by atoms with E-state index in [1.807, 2.05) is 32.0 Å². The molecule has 190 valence electrons. The lowest BCUT2D eigenvalue weighted by molar-refractivity contribution is -0.122. The van der Waals surface area contributed by atoms with Gasteiger partial charge in [-0.3, -0.25) is 19.3 Å². The number of anilines is 2. The van der Waals surface area contributed by atoms with E-state index in [1.165, 1.54) is 24.3 Å². The predicted molar refractivity (Wildman–Crippen MR) is 139 cm³/mol. The molecule has 4 rings (SSSR count). The summed E-state index contributed by atoms with van der Waals surface area (Å²) in [6, 6.07) is 11.8. The highest BCUT2D eigenvalue weighted by Crippen LogP contribution is 2.43. The Hall–Kier alpha value is -2.90. The molecule has 2 aromatic carbocycles. The molecule has 3 amide bonds. The third-order valence-electron chi connectivity index (χ3n) is 6.87. The van der Waals surface area contributed by atoms with Crippen molar-refractivity contribution in [3.05, 3.63) is 59.2 Å². The van der Waals surface area contributed by atoms with Crippen molar-refractivity contribution < 1.29 is 23.9 Å². The van der Waals surface area contributed by atoms with Gasteiger partial charge in [-0.2, -0.15) is 0 Å². The van der Waals surface area contributed by atoms with Crippen molar-refractivity contribution in [3.8, 4) is 0 Å². The fourth-order valence-corrected chi connectivity index (χ4v) is 5.48. The van der Waals surface area contributed by atoms with Gasteiger partial charge in [0.2, 0.25) is 11.8 Å². The number of fused-ring (bicyclic) bond motifs is 1. The Morgan fingerprint density at radius 3 is 1.94 bits per heavy atom. The summed E-state index contributed by atoms with van der Waals surface area (Å²) in [5.74, 6) is -2.68. The van der Waals surface area contributed by atoms with Gasteiger partial charge in [0.15, 0.2) is 6.61 Å². The number of nitrogens with one attached hydrogen (secondary N) is 1. The molecule has 1 N–H and O–H groups in total. The average Bonchev–Trinajstić information content (AvgIpc) is 3.11. The molecule has 2 aliphatic rings. The third-order valence-corrected chi connectivity index (χ3v) is 7.96. The second-order valence-corrected chi connectivity index (χ2v) is 10.2. The maximum absolute atomic E-state index is 12.9. The summed E-state index contributed by atoms with van der Waals surface area (Å²) in [5, 5.41) is 2.14. The van der Waals surface area contributed by atoms with Crippen molar-refractivity contribution in [2.45, 2.75) is 50.3 Å². The molecule has 7 nitrogen and oxygen atoms in total. The molecule has 1 heterocycles. The largest absolute Gasteiger partial charge is 0.452 e. The zero-order valence-electron chi connectivity index (χ0n) is 20.1. The van der Waals surface area contributed by atoms with E-state index in [1.54, 1.807) is 0 Å². The first-order valence-electron chi connectivity index (χ1n) is 12.1. The number of para-hydroxylation sites is 1. The Bertz CT molecular complexity index is 1130. The number of hydrogen-bond acceptors (Lipinski definition) is 5. The zero-order chi connectivity index (χ0) is 26.0. The van der Waals surface area contributed by atoms with Gasteiger partial charge in [-0.15, -0.1) is 23.2 Å². The van der Waals surface area contributed by atoms with Crippen molar-refractivity contribution in [1.82, 2.24) is 0 Å². The first-order valence-corrected chi connectivity index (χ1v) is 13.0. The van der Waals surface area contributed by atoms with E-state index < -0.39 is 30.3 Å². The quantitative estimate of drug-likeness (QED) is 0.317. The highest BCUT2D eigenvalue weighted by atomic mass is 35.5. The minimum atomic E-state index is -0.682. The number of esters is 1. The molecule has 36 heavy (non-hydrogen) atoms. The van der Waals surface area contributed by atoms with E-state index in [0.717, 1.165) is 34.6 Å². The minimum absolute atomic E-state index is 0.202. The van der Waals surface area contributed by atoms with Crippen LogP contribution in [0.15, 0.2) is 42.5 Å². The minimum Gasteiger partial charge on any atom is -0.452 e. The number of imide groups is 1. The molecule has 0 bridgehead atoms. The lowest BCUT2D eigenvalue weighted by atomic mass is 9.80. The lowest BCUT2D eigenvalue weighted by Gasteiger charge is -2.28. The maximum Gasteiger partial charge on any atom is 0.338 e. The van der Waals surface area contributed by atoms with Crippen molar-refractivity contribution >= 4 is 58.3 Å². The fraction of sp³-hybridized carbons (Fsp3) is 0.407. The highest BCUT2D eigenvalue weighted by molar-refractivity contribution is 6.31. The Labute approximate surface area is 220 Å². The molecular formula is C27H28Cl2N2O5. The molecule has 0 radical (unpaired) electrons. The van der Waals surface area contributed by atoms with Gasteiger partial charge in [-0.25, -0.2) is 4.79 Å². The number of benzene rings is 2. The van der Waals surface area contributed by atoms with Crippen LogP contribution in [0, 0.1) is 11.8 Å². The van der Waals surface area contributed by atoms with E-state index >= 15 is 0 Å². The summed E-state index contributed by atoms with van der Waals surface area (Å²) in [7, 11) is 0. The number of amides is 3. The van der Waals surface area contributed by atoms with Crippen LogP contribution in [-0.2, 0) is 32.0 Å². The number of carbonyl (C=O) groups is 4. The number of hydrogen-bond donors (Lipinski definition) is 1. The van der Waals surface area contributed by atoms with Crippen LogP contribution in [0.25, 0.3) is 0 Å². The van der Waals surface area contributed by atoms with Crippen molar-refractivity contribution in [2.24, 2.45) is 11.8 Å². The maximum atomic E-state index is 12.9. The molecule has 0 spiro atoms. The Morgan fingerprint density at radius 2 is 1.44 bits per heavy atom. The molecule has 0 aromatic heterocycles. The number of aryl methyl sites for hydroxylation is 2. The number of ether oxygens (including phenoxy) is 1. The van der Waals surface area contributed by atoms with Crippen molar-refractivity contribution in [1.29, 1.82) is 0 Å². The third kappa shape index (κ3) is 5.13. The lowest BCUT2D eigenvalue weighted by Crippen LogP contribution is -2.34. The van der Waals surface area contributed by atoms with E-state index in [4.69, 9.17) is 27.9 Å². The molecule has 2 fully saturated rings. The summed E-state index contributed by atoms with van der Waals surface area (Å²) < 4.78 is 5.19. The molecule has 0 unspecified atom stereocenters. The topological polar surface area (TPSA) is 92.8 Å². The average molecular weight is 531 g/mol. The molecule has 1 saturated carbocycles. The van der Waals surface area contributed by atoms with Crippen LogP contribution < -0.4 is 10.2 Å². The van der Waals surface area contributed by atoms with Gasteiger partial charge in [-0.1, -0.05) is 32.0 Å². The van der Waals surface area contributed by atoms with Crippen LogP contribution in [0.1, 0.15) is 48.2 Å². The zero-order valence-corrected chi connectivity index (χ0v) is 21.6. The second kappa shape index (κ2) is 11.0. The van der Waals surface area contributed by atoms with Crippen LogP contribution in [-0.4, -0.2) is 41.1 Å². The molecular weight excluding hydrogens is 503 g/mol. The highest BCUT2D eigenvalue weighted by Gasteiger charge is 2.52. The fourth-order valence-electron chi connectivity index (χ4n) is 4.89. The van der Waals surface area contributed by atoms with Gasteiger partial charge in [0.05, 0.1) is 33.8 Å². The Morgan fingerprint density at radius 1 is 0.917 bits per heavy atom. The monoisotopic (exact) mass is 530 g/mol. The van der Waals surface area contributed by atoms with Crippen molar-refractivity contribution in [2.75, 3.05) is 16.8 Å². The van der Waals surface area contributed by atoms with Gasteiger partial charge in [0.1, 0.15) is 0 Å². The molecule has 2 aromatic rings. The van der Waals surface area contributed by atoms with E-state index in [0.29, 0.717) is 18.5 Å². The Balaban J connectivity index is 1.38. The van der Waals surface area contributed by atoms with Gasteiger partial charge >= 0.3 is 5.97 Å². The summed E-state index contributed by atoms with van der Waals surface area (Å²) in [4.78, 5) is 51.9. The van der Waals surface area contributed by atoms with Crippen LogP contribution >= 0.6 is 23.2 Å². The SMILES string of the molecule is CCc1cccc(CC)c1NC(=O)COC(=O)c1ccc(N2C(=O)[C@@H]3C[C@H](Cl)[C@@H](Cl)C[C@H]3C2=O)cc1. The predicted octanol–water partition coefficient (Wildman–Crippen LogP) is 4.72. The number of nitrogens with zero attached hydrogens (tertiary/aromatic N) is 1. The first kappa shape index (κ1) is 26.2. The summed E-state index contributed by atoms with van der Waals surface area (Å²) in [5.41, 5.74) is 3.36. The van der Waals surface area contributed by atoms with Crippen molar-refractivity contribution in [3.63, 3.8) is 0 Å². The van der Waals surface area contributed by atoms with E-state index in [9.17, 15) is 19.2 Å².